The highest BCUT2D eigenvalue weighted by Gasteiger charge is 2.22. The number of ether oxygens (including phenoxy) is 2. The van der Waals surface area contributed by atoms with E-state index in [1.807, 2.05) is 0 Å². The molecule has 0 N–H and O–H groups in total. The SMILES string of the molecule is COC(=O)c1ccc(CN(CCC(C)=O)C(=O)OC(C)(C)C)cc1. The van der Waals surface area contributed by atoms with E-state index in [1.54, 1.807) is 45.0 Å². The minimum Gasteiger partial charge on any atom is -0.465 e. The predicted molar refractivity (Wildman–Crippen MR) is 89.7 cm³/mol. The van der Waals surface area contributed by atoms with Crippen molar-refractivity contribution in [3.8, 4) is 0 Å². The van der Waals surface area contributed by atoms with Crippen molar-refractivity contribution in [1.82, 2.24) is 4.90 Å². The molecule has 0 aliphatic carbocycles. The third-order valence-electron chi connectivity index (χ3n) is 3.13. The van der Waals surface area contributed by atoms with E-state index in [9.17, 15) is 14.4 Å². The van der Waals surface area contributed by atoms with Crippen LogP contribution in [0.25, 0.3) is 0 Å². The number of Topliss-reactive ketones (excluding diaryl/α,β-unsaturated/α-hetero) is 1. The topological polar surface area (TPSA) is 72.9 Å². The van der Waals surface area contributed by atoms with Gasteiger partial charge in [0.25, 0.3) is 0 Å². The van der Waals surface area contributed by atoms with Gasteiger partial charge in [0.1, 0.15) is 11.4 Å². The summed E-state index contributed by atoms with van der Waals surface area (Å²) in [6, 6.07) is 6.77. The Labute approximate surface area is 142 Å². The molecule has 0 saturated carbocycles. The first-order valence-corrected chi connectivity index (χ1v) is 7.77. The van der Waals surface area contributed by atoms with Crippen LogP contribution in [0.15, 0.2) is 24.3 Å². The lowest BCUT2D eigenvalue weighted by atomic mass is 10.1. The molecule has 1 aromatic carbocycles. The normalized spacial score (nSPS) is 10.9. The molecule has 132 valence electrons. The minimum absolute atomic E-state index is 0.00426. The van der Waals surface area contributed by atoms with Gasteiger partial charge in [0.2, 0.25) is 0 Å². The fourth-order valence-corrected chi connectivity index (χ4v) is 1.94. The van der Waals surface area contributed by atoms with Crippen LogP contribution in [-0.2, 0) is 20.8 Å². The van der Waals surface area contributed by atoms with Crippen molar-refractivity contribution in [2.24, 2.45) is 0 Å². The number of amides is 1. The van der Waals surface area contributed by atoms with Crippen molar-refractivity contribution in [3.63, 3.8) is 0 Å². The van der Waals surface area contributed by atoms with Gasteiger partial charge in [0.05, 0.1) is 12.7 Å². The van der Waals surface area contributed by atoms with E-state index in [-0.39, 0.29) is 18.7 Å². The van der Waals surface area contributed by atoms with Crippen LogP contribution in [0.4, 0.5) is 4.79 Å². The molecule has 0 atom stereocenters. The summed E-state index contributed by atoms with van der Waals surface area (Å²) in [4.78, 5) is 36.5. The fraction of sp³-hybridized carbons (Fsp3) is 0.500. The van der Waals surface area contributed by atoms with Gasteiger partial charge >= 0.3 is 12.1 Å². The first-order valence-electron chi connectivity index (χ1n) is 7.77. The monoisotopic (exact) mass is 335 g/mol. The van der Waals surface area contributed by atoms with Crippen LogP contribution in [0.3, 0.4) is 0 Å². The van der Waals surface area contributed by atoms with Gasteiger partial charge in [-0.15, -0.1) is 0 Å². The zero-order valence-electron chi connectivity index (χ0n) is 14.9. The first kappa shape index (κ1) is 19.7. The second-order valence-electron chi connectivity index (χ2n) is 6.54. The third kappa shape index (κ3) is 6.81. The molecule has 1 amide bonds. The first-order chi connectivity index (χ1) is 11.1. The molecule has 0 aliphatic rings. The number of rotatable bonds is 6. The van der Waals surface area contributed by atoms with Crippen LogP contribution in [0.2, 0.25) is 0 Å². The molecule has 0 bridgehead atoms. The number of ketones is 1. The smallest absolute Gasteiger partial charge is 0.410 e. The minimum atomic E-state index is -0.611. The number of methoxy groups -OCH3 is 1. The molecule has 24 heavy (non-hydrogen) atoms. The number of nitrogens with zero attached hydrogens (tertiary/aromatic N) is 1. The highest BCUT2D eigenvalue weighted by atomic mass is 16.6. The Hall–Kier alpha value is -2.37. The third-order valence-corrected chi connectivity index (χ3v) is 3.13. The van der Waals surface area contributed by atoms with Crippen LogP contribution in [0.1, 0.15) is 50.0 Å². The Kier molecular flexibility index (Phi) is 6.95. The lowest BCUT2D eigenvalue weighted by Crippen LogP contribution is -2.37. The second kappa shape index (κ2) is 8.47. The van der Waals surface area contributed by atoms with Gasteiger partial charge < -0.3 is 14.4 Å². The molecule has 0 heterocycles. The van der Waals surface area contributed by atoms with Gasteiger partial charge in [0.15, 0.2) is 0 Å². The summed E-state index contributed by atoms with van der Waals surface area (Å²) in [5.41, 5.74) is 0.659. The Balaban J connectivity index is 2.85. The van der Waals surface area contributed by atoms with Crippen LogP contribution in [-0.4, -0.2) is 42.0 Å². The van der Waals surface area contributed by atoms with Crippen molar-refractivity contribution < 1.29 is 23.9 Å². The molecule has 0 aliphatic heterocycles. The molecule has 1 rings (SSSR count). The van der Waals surface area contributed by atoms with E-state index in [0.29, 0.717) is 12.1 Å². The van der Waals surface area contributed by atoms with Gasteiger partial charge in [-0.25, -0.2) is 9.59 Å². The summed E-state index contributed by atoms with van der Waals surface area (Å²) in [7, 11) is 1.32. The maximum atomic E-state index is 12.3. The number of carbonyl (C=O) groups excluding carboxylic acids is 3. The number of esters is 1. The van der Waals surface area contributed by atoms with Crippen molar-refractivity contribution in [1.29, 1.82) is 0 Å². The van der Waals surface area contributed by atoms with Crippen molar-refractivity contribution >= 4 is 17.8 Å². The molecule has 0 spiro atoms. The zero-order valence-corrected chi connectivity index (χ0v) is 14.9. The molecule has 6 nitrogen and oxygen atoms in total. The summed E-state index contributed by atoms with van der Waals surface area (Å²) < 4.78 is 10.0. The number of hydrogen-bond acceptors (Lipinski definition) is 5. The van der Waals surface area contributed by atoms with Gasteiger partial charge in [-0.2, -0.15) is 0 Å². The maximum Gasteiger partial charge on any atom is 0.410 e. The Morgan fingerprint density at radius 3 is 2.12 bits per heavy atom. The lowest BCUT2D eigenvalue weighted by molar-refractivity contribution is -0.117. The average molecular weight is 335 g/mol. The molecule has 0 saturated heterocycles. The maximum absolute atomic E-state index is 12.3. The van der Waals surface area contributed by atoms with Crippen molar-refractivity contribution in [3.05, 3.63) is 35.4 Å². The Bertz CT molecular complexity index is 586. The zero-order chi connectivity index (χ0) is 18.3. The molecule has 0 aromatic heterocycles. The standard InChI is InChI=1S/C18H25NO5/c1-13(20)10-11-19(17(22)24-18(2,3)4)12-14-6-8-15(9-7-14)16(21)23-5/h6-9H,10-12H2,1-5H3. The number of benzene rings is 1. The molecular weight excluding hydrogens is 310 g/mol. The van der Waals surface area contributed by atoms with E-state index in [2.05, 4.69) is 4.74 Å². The Morgan fingerprint density at radius 2 is 1.67 bits per heavy atom. The predicted octanol–water partition coefficient (Wildman–Crippen LogP) is 3.19. The molecule has 1 aromatic rings. The van der Waals surface area contributed by atoms with Crippen LogP contribution < -0.4 is 0 Å². The van der Waals surface area contributed by atoms with Crippen molar-refractivity contribution in [2.45, 2.75) is 46.3 Å². The van der Waals surface area contributed by atoms with Crippen LogP contribution in [0.5, 0.6) is 0 Å². The Morgan fingerprint density at radius 1 is 1.08 bits per heavy atom. The summed E-state index contributed by atoms with van der Waals surface area (Å²) in [5.74, 6) is -0.410. The number of carbonyl (C=O) groups is 3. The molecule has 6 heteroatoms. The van der Waals surface area contributed by atoms with Crippen LogP contribution in [0, 0.1) is 0 Å². The van der Waals surface area contributed by atoms with E-state index in [1.165, 1.54) is 18.9 Å². The average Bonchev–Trinajstić information content (AvgIpc) is 2.49. The van der Waals surface area contributed by atoms with Crippen molar-refractivity contribution in [2.75, 3.05) is 13.7 Å². The molecule has 0 unspecified atom stereocenters. The van der Waals surface area contributed by atoms with E-state index in [0.717, 1.165) is 5.56 Å². The lowest BCUT2D eigenvalue weighted by Gasteiger charge is -2.27. The van der Waals surface area contributed by atoms with Gasteiger partial charge in [0, 0.05) is 19.5 Å². The molecule has 0 fully saturated rings. The quantitative estimate of drug-likeness (QED) is 0.747. The number of hydrogen-bond donors (Lipinski definition) is 0. The summed E-state index contributed by atoms with van der Waals surface area (Å²) in [5, 5.41) is 0. The highest BCUT2D eigenvalue weighted by molar-refractivity contribution is 5.89. The van der Waals surface area contributed by atoms with Gasteiger partial charge in [-0.1, -0.05) is 12.1 Å². The largest absolute Gasteiger partial charge is 0.465 e. The fourth-order valence-electron chi connectivity index (χ4n) is 1.94. The summed E-state index contributed by atoms with van der Waals surface area (Å²) in [6.07, 6.45) is -0.208. The van der Waals surface area contributed by atoms with E-state index < -0.39 is 17.7 Å². The molecule has 0 radical (unpaired) electrons. The van der Waals surface area contributed by atoms with Crippen LogP contribution >= 0.6 is 0 Å². The summed E-state index contributed by atoms with van der Waals surface area (Å²) >= 11 is 0. The summed E-state index contributed by atoms with van der Waals surface area (Å²) in [6.45, 7) is 7.43. The highest BCUT2D eigenvalue weighted by Crippen LogP contribution is 2.14. The van der Waals surface area contributed by atoms with Gasteiger partial charge in [-0.3, -0.25) is 4.79 Å². The van der Waals surface area contributed by atoms with E-state index >= 15 is 0 Å². The second-order valence-corrected chi connectivity index (χ2v) is 6.54. The molecular formula is C18H25NO5. The van der Waals surface area contributed by atoms with Gasteiger partial charge in [-0.05, 0) is 45.4 Å². The van der Waals surface area contributed by atoms with E-state index in [4.69, 9.17) is 4.74 Å².